The predicted molar refractivity (Wildman–Crippen MR) is 128 cm³/mol. The van der Waals surface area contributed by atoms with E-state index in [0.29, 0.717) is 16.3 Å². The minimum absolute atomic E-state index is 0.0112. The highest BCUT2D eigenvalue weighted by Crippen LogP contribution is 2.26. The summed E-state index contributed by atoms with van der Waals surface area (Å²) in [5.74, 6) is -1.15. The van der Waals surface area contributed by atoms with Crippen LogP contribution in [0.5, 0.6) is 0 Å². The molecule has 0 spiro atoms. The first-order valence-corrected chi connectivity index (χ1v) is 10.5. The number of anilines is 1. The van der Waals surface area contributed by atoms with Crippen molar-refractivity contribution in [2.45, 2.75) is 6.54 Å². The van der Waals surface area contributed by atoms with Crippen molar-refractivity contribution in [1.82, 2.24) is 14.4 Å². The number of carbonyl (C=O) groups is 3. The zero-order chi connectivity index (χ0) is 23.0. The molecule has 3 aromatic rings. The van der Waals surface area contributed by atoms with Crippen molar-refractivity contribution in [3.05, 3.63) is 70.9 Å². The SMILES string of the molecule is CN1C(=O)C(=Cc2cn(CC(=O)Nc3ccc(Cl)cc3)c3ccccc23)C(=O)N(C)C1=S. The van der Waals surface area contributed by atoms with E-state index >= 15 is 0 Å². The molecule has 0 unspecified atom stereocenters. The van der Waals surface area contributed by atoms with E-state index in [-0.39, 0.29) is 23.1 Å². The van der Waals surface area contributed by atoms with Crippen molar-refractivity contribution < 1.29 is 14.4 Å². The van der Waals surface area contributed by atoms with Gasteiger partial charge in [-0.15, -0.1) is 0 Å². The molecule has 3 amide bonds. The molecule has 1 N–H and O–H groups in total. The molecule has 4 rings (SSSR count). The monoisotopic (exact) mass is 466 g/mol. The minimum Gasteiger partial charge on any atom is -0.337 e. The summed E-state index contributed by atoms with van der Waals surface area (Å²) in [6.07, 6.45) is 3.31. The molecular formula is C23H19ClN4O3S. The average Bonchev–Trinajstić information content (AvgIpc) is 3.12. The molecule has 1 fully saturated rings. The number of para-hydroxylation sites is 1. The highest BCUT2D eigenvalue weighted by atomic mass is 35.5. The summed E-state index contributed by atoms with van der Waals surface area (Å²) in [5.41, 5.74) is 2.11. The lowest BCUT2D eigenvalue weighted by Crippen LogP contribution is -2.52. The van der Waals surface area contributed by atoms with Crippen LogP contribution in [0.15, 0.2) is 60.3 Å². The van der Waals surface area contributed by atoms with Gasteiger partial charge in [0.15, 0.2) is 5.11 Å². The van der Waals surface area contributed by atoms with Crippen molar-refractivity contribution in [3.63, 3.8) is 0 Å². The van der Waals surface area contributed by atoms with Gasteiger partial charge in [-0.2, -0.15) is 0 Å². The second-order valence-corrected chi connectivity index (χ2v) is 8.16. The molecular weight excluding hydrogens is 448 g/mol. The lowest BCUT2D eigenvalue weighted by atomic mass is 10.1. The van der Waals surface area contributed by atoms with E-state index in [9.17, 15) is 14.4 Å². The van der Waals surface area contributed by atoms with Crippen molar-refractivity contribution in [3.8, 4) is 0 Å². The summed E-state index contributed by atoms with van der Waals surface area (Å²) in [5, 5.41) is 4.39. The zero-order valence-corrected chi connectivity index (χ0v) is 18.9. The lowest BCUT2D eigenvalue weighted by molar-refractivity contribution is -0.132. The predicted octanol–water partition coefficient (Wildman–Crippen LogP) is 3.53. The van der Waals surface area contributed by atoms with Crippen LogP contribution in [-0.4, -0.2) is 51.3 Å². The van der Waals surface area contributed by atoms with Gasteiger partial charge in [-0.3, -0.25) is 24.2 Å². The second-order valence-electron chi connectivity index (χ2n) is 7.35. The first-order chi connectivity index (χ1) is 15.3. The first kappa shape index (κ1) is 21.7. The molecule has 1 aliphatic rings. The van der Waals surface area contributed by atoms with E-state index in [1.54, 1.807) is 41.1 Å². The maximum atomic E-state index is 12.7. The molecule has 1 saturated heterocycles. The van der Waals surface area contributed by atoms with Crippen LogP contribution < -0.4 is 5.32 Å². The molecule has 1 aromatic heterocycles. The van der Waals surface area contributed by atoms with E-state index in [0.717, 1.165) is 10.9 Å². The number of fused-ring (bicyclic) bond motifs is 1. The molecule has 2 aromatic carbocycles. The molecule has 0 saturated carbocycles. The Morgan fingerprint density at radius 2 is 1.66 bits per heavy atom. The van der Waals surface area contributed by atoms with Crippen LogP contribution in [0.1, 0.15) is 5.56 Å². The van der Waals surface area contributed by atoms with Crippen molar-refractivity contribution in [2.24, 2.45) is 0 Å². The highest BCUT2D eigenvalue weighted by Gasteiger charge is 2.35. The van der Waals surface area contributed by atoms with Gasteiger partial charge in [0.05, 0.1) is 0 Å². The van der Waals surface area contributed by atoms with Gasteiger partial charge < -0.3 is 9.88 Å². The van der Waals surface area contributed by atoms with Crippen LogP contribution in [0.4, 0.5) is 5.69 Å². The minimum atomic E-state index is -0.463. The Kier molecular flexibility index (Phi) is 5.82. The van der Waals surface area contributed by atoms with Gasteiger partial charge in [0, 0.05) is 47.5 Å². The maximum absolute atomic E-state index is 12.7. The standard InChI is InChI=1S/C23H19ClN4O3S/c1-26-21(30)18(22(31)27(2)23(26)32)11-14-12-28(19-6-4-3-5-17(14)19)13-20(29)25-16-9-7-15(24)8-10-16/h3-12H,13H2,1-2H3,(H,25,29). The fourth-order valence-corrected chi connectivity index (χ4v) is 3.83. The molecule has 7 nitrogen and oxygen atoms in total. The second kappa shape index (κ2) is 8.57. The van der Waals surface area contributed by atoms with Crippen LogP contribution in [0.25, 0.3) is 17.0 Å². The third kappa shape index (κ3) is 4.02. The highest BCUT2D eigenvalue weighted by molar-refractivity contribution is 7.80. The fourth-order valence-electron chi connectivity index (χ4n) is 3.54. The summed E-state index contributed by atoms with van der Waals surface area (Å²) in [6.45, 7) is 0.0537. The molecule has 0 radical (unpaired) electrons. The van der Waals surface area contributed by atoms with E-state index in [1.165, 1.54) is 23.9 Å². The Bertz CT molecular complexity index is 1270. The van der Waals surface area contributed by atoms with Crippen LogP contribution in [-0.2, 0) is 20.9 Å². The molecule has 0 atom stereocenters. The number of likely N-dealkylation sites (N-methyl/N-ethyl adjacent to an activating group) is 2. The van der Waals surface area contributed by atoms with Gasteiger partial charge in [-0.25, -0.2) is 0 Å². The van der Waals surface area contributed by atoms with E-state index in [1.807, 2.05) is 24.3 Å². The van der Waals surface area contributed by atoms with Crippen LogP contribution in [0, 0.1) is 0 Å². The number of nitrogens with zero attached hydrogens (tertiary/aromatic N) is 3. The molecule has 2 heterocycles. The number of hydrogen-bond donors (Lipinski definition) is 1. The number of carbonyl (C=O) groups excluding carboxylic acids is 3. The Morgan fingerprint density at radius 3 is 2.31 bits per heavy atom. The lowest BCUT2D eigenvalue weighted by Gasteiger charge is -2.31. The molecule has 9 heteroatoms. The summed E-state index contributed by atoms with van der Waals surface area (Å²) in [7, 11) is 3.07. The third-order valence-electron chi connectivity index (χ3n) is 5.21. The van der Waals surface area contributed by atoms with Gasteiger partial charge >= 0.3 is 0 Å². The number of nitrogens with one attached hydrogen (secondary N) is 1. The Hall–Kier alpha value is -3.49. The van der Waals surface area contributed by atoms with Gasteiger partial charge in [0.25, 0.3) is 11.8 Å². The average molecular weight is 467 g/mol. The summed E-state index contributed by atoms with van der Waals surface area (Å²) < 4.78 is 1.78. The number of amides is 3. The number of benzene rings is 2. The Morgan fingerprint density at radius 1 is 1.03 bits per heavy atom. The van der Waals surface area contributed by atoms with Crippen LogP contribution in [0.2, 0.25) is 5.02 Å². The van der Waals surface area contributed by atoms with Crippen molar-refractivity contribution >= 4 is 69.3 Å². The van der Waals surface area contributed by atoms with Crippen LogP contribution in [0.3, 0.4) is 0 Å². The van der Waals surface area contributed by atoms with E-state index < -0.39 is 11.8 Å². The molecule has 32 heavy (non-hydrogen) atoms. The quantitative estimate of drug-likeness (QED) is 0.362. The summed E-state index contributed by atoms with van der Waals surface area (Å²) in [4.78, 5) is 40.5. The Balaban J connectivity index is 1.67. The number of hydrogen-bond acceptors (Lipinski definition) is 4. The van der Waals surface area contributed by atoms with E-state index in [4.69, 9.17) is 23.8 Å². The van der Waals surface area contributed by atoms with E-state index in [2.05, 4.69) is 5.32 Å². The van der Waals surface area contributed by atoms with Gasteiger partial charge in [-0.05, 0) is 48.6 Å². The Labute approximate surface area is 194 Å². The molecule has 162 valence electrons. The summed E-state index contributed by atoms with van der Waals surface area (Å²) >= 11 is 11.0. The van der Waals surface area contributed by atoms with Crippen molar-refractivity contribution in [1.29, 1.82) is 0 Å². The number of aromatic nitrogens is 1. The fraction of sp³-hybridized carbons (Fsp3) is 0.130. The normalized spacial score (nSPS) is 14.3. The van der Waals surface area contributed by atoms with Crippen molar-refractivity contribution in [2.75, 3.05) is 19.4 Å². The number of halogens is 1. The van der Waals surface area contributed by atoms with Gasteiger partial charge in [0.2, 0.25) is 5.91 Å². The molecule has 0 bridgehead atoms. The number of rotatable bonds is 4. The smallest absolute Gasteiger partial charge is 0.265 e. The zero-order valence-electron chi connectivity index (χ0n) is 17.3. The summed E-state index contributed by atoms with van der Waals surface area (Å²) in [6, 6.07) is 14.3. The number of thiocarbonyl (C=S) groups is 1. The third-order valence-corrected chi connectivity index (χ3v) is 6.00. The topological polar surface area (TPSA) is 74.6 Å². The molecule has 1 aliphatic heterocycles. The maximum Gasteiger partial charge on any atom is 0.265 e. The van der Waals surface area contributed by atoms with Gasteiger partial charge in [0.1, 0.15) is 12.1 Å². The van der Waals surface area contributed by atoms with Crippen LogP contribution >= 0.6 is 23.8 Å². The largest absolute Gasteiger partial charge is 0.337 e. The molecule has 0 aliphatic carbocycles. The first-order valence-electron chi connectivity index (χ1n) is 9.71. The van der Waals surface area contributed by atoms with Gasteiger partial charge in [-0.1, -0.05) is 29.8 Å².